The number of thiazole rings is 1. The number of nitrogens with one attached hydrogen (secondary N) is 1. The maximum atomic E-state index is 4.46. The van der Waals surface area contributed by atoms with Crippen LogP contribution in [0.5, 0.6) is 0 Å². The minimum Gasteiger partial charge on any atom is -0.314 e. The lowest BCUT2D eigenvalue weighted by molar-refractivity contribution is 0.535. The normalized spacial score (nSPS) is 12.8. The summed E-state index contributed by atoms with van der Waals surface area (Å²) in [5.74, 6) is 1.95. The van der Waals surface area contributed by atoms with Crippen LogP contribution >= 0.6 is 11.3 Å². The van der Waals surface area contributed by atoms with E-state index in [1.165, 1.54) is 4.88 Å². The van der Waals surface area contributed by atoms with E-state index in [4.69, 9.17) is 0 Å². The van der Waals surface area contributed by atoms with E-state index in [2.05, 4.69) is 45.8 Å². The van der Waals surface area contributed by atoms with Crippen molar-refractivity contribution in [2.75, 3.05) is 0 Å². The summed E-state index contributed by atoms with van der Waals surface area (Å²) in [7, 11) is 0. The maximum absolute atomic E-state index is 4.46. The van der Waals surface area contributed by atoms with E-state index < -0.39 is 0 Å². The average molecular weight is 279 g/mol. The van der Waals surface area contributed by atoms with Crippen LogP contribution in [0.15, 0.2) is 6.20 Å². The monoisotopic (exact) mass is 279 g/mol. The molecule has 0 fully saturated rings. The first-order chi connectivity index (χ1) is 9.15. The van der Waals surface area contributed by atoms with Gasteiger partial charge in [-0.1, -0.05) is 6.92 Å². The number of hydrogen-bond acceptors (Lipinski definition) is 5. The molecule has 19 heavy (non-hydrogen) atoms. The Hall–Kier alpha value is -1.27. The Morgan fingerprint density at radius 1 is 1.37 bits per heavy atom. The smallest absolute Gasteiger partial charge is 0.147 e. The van der Waals surface area contributed by atoms with Gasteiger partial charge in [0.05, 0.1) is 12.6 Å². The van der Waals surface area contributed by atoms with Crippen molar-refractivity contribution < 1.29 is 0 Å². The summed E-state index contributed by atoms with van der Waals surface area (Å²) in [4.78, 5) is 5.79. The van der Waals surface area contributed by atoms with Crippen molar-refractivity contribution in [1.29, 1.82) is 0 Å². The first kappa shape index (κ1) is 14.1. The van der Waals surface area contributed by atoms with Crippen LogP contribution in [0.2, 0.25) is 0 Å². The Balaban J connectivity index is 1.98. The zero-order chi connectivity index (χ0) is 13.8. The lowest BCUT2D eigenvalue weighted by Gasteiger charge is -2.11. The molecule has 2 aromatic heterocycles. The predicted octanol–water partition coefficient (Wildman–Crippen LogP) is 2.48. The summed E-state index contributed by atoms with van der Waals surface area (Å²) in [6, 6.07) is 0.243. The molecule has 0 radical (unpaired) electrons. The molecule has 2 heterocycles. The third-order valence-corrected chi connectivity index (χ3v) is 4.51. The van der Waals surface area contributed by atoms with Crippen LogP contribution in [-0.2, 0) is 19.5 Å². The van der Waals surface area contributed by atoms with Gasteiger partial charge in [0.1, 0.15) is 16.7 Å². The Morgan fingerprint density at radius 2 is 2.16 bits per heavy atom. The van der Waals surface area contributed by atoms with Crippen molar-refractivity contribution in [1.82, 2.24) is 25.1 Å². The van der Waals surface area contributed by atoms with Crippen molar-refractivity contribution in [3.8, 4) is 0 Å². The second-order valence-corrected chi connectivity index (χ2v) is 5.68. The summed E-state index contributed by atoms with van der Waals surface area (Å²) in [5, 5.41) is 12.9. The van der Waals surface area contributed by atoms with Crippen LogP contribution in [0.4, 0.5) is 0 Å². The molecule has 2 rings (SSSR count). The van der Waals surface area contributed by atoms with Crippen molar-refractivity contribution >= 4 is 11.3 Å². The fourth-order valence-electron chi connectivity index (χ4n) is 1.98. The lowest BCUT2D eigenvalue weighted by atomic mass is 10.3. The minimum atomic E-state index is 0.243. The van der Waals surface area contributed by atoms with Crippen molar-refractivity contribution in [3.63, 3.8) is 0 Å². The van der Waals surface area contributed by atoms with Gasteiger partial charge < -0.3 is 9.88 Å². The van der Waals surface area contributed by atoms with Gasteiger partial charge in [-0.05, 0) is 27.2 Å². The number of aryl methyl sites for hydroxylation is 2. The molecule has 0 aliphatic heterocycles. The summed E-state index contributed by atoms with van der Waals surface area (Å²) in [5.41, 5.74) is 0. The van der Waals surface area contributed by atoms with Gasteiger partial charge in [-0.2, -0.15) is 0 Å². The van der Waals surface area contributed by atoms with E-state index in [1.807, 2.05) is 13.1 Å². The summed E-state index contributed by atoms with van der Waals surface area (Å²) in [6.45, 7) is 10.0. The Bertz CT molecular complexity index is 531. The molecule has 5 nitrogen and oxygen atoms in total. The van der Waals surface area contributed by atoms with Gasteiger partial charge in [0, 0.05) is 17.6 Å². The molecular formula is C13H21N5S. The number of rotatable bonds is 6. The standard InChI is InChI=1S/C13H21N5S/c1-5-11-7-15-13(19-11)9(3)14-8-12-17-16-10(4)18(12)6-2/h7,9,14H,5-6,8H2,1-4H3/t9-/m1/s1. The van der Waals surface area contributed by atoms with Crippen LogP contribution in [0.25, 0.3) is 0 Å². The number of nitrogens with zero attached hydrogens (tertiary/aromatic N) is 4. The maximum Gasteiger partial charge on any atom is 0.147 e. The molecule has 0 aliphatic carbocycles. The first-order valence-corrected chi connectivity index (χ1v) is 7.54. The van der Waals surface area contributed by atoms with Crippen LogP contribution < -0.4 is 5.32 Å². The summed E-state index contributed by atoms with van der Waals surface area (Å²) < 4.78 is 2.12. The molecule has 1 atom stereocenters. The highest BCUT2D eigenvalue weighted by Crippen LogP contribution is 2.20. The van der Waals surface area contributed by atoms with Crippen LogP contribution in [0.3, 0.4) is 0 Å². The highest BCUT2D eigenvalue weighted by Gasteiger charge is 2.12. The molecule has 2 aromatic rings. The second-order valence-electron chi connectivity index (χ2n) is 4.53. The van der Waals surface area contributed by atoms with E-state index in [0.29, 0.717) is 0 Å². The molecule has 0 saturated heterocycles. The number of aromatic nitrogens is 4. The Labute approximate surface area is 118 Å². The van der Waals surface area contributed by atoms with Gasteiger partial charge >= 0.3 is 0 Å². The highest BCUT2D eigenvalue weighted by atomic mass is 32.1. The molecular weight excluding hydrogens is 258 g/mol. The topological polar surface area (TPSA) is 55.6 Å². The van der Waals surface area contributed by atoms with E-state index in [9.17, 15) is 0 Å². The van der Waals surface area contributed by atoms with Gasteiger partial charge in [0.15, 0.2) is 0 Å². The van der Waals surface area contributed by atoms with Crippen molar-refractivity contribution in [2.24, 2.45) is 0 Å². The van der Waals surface area contributed by atoms with Gasteiger partial charge in [0.2, 0.25) is 0 Å². The molecule has 0 amide bonds. The van der Waals surface area contributed by atoms with Gasteiger partial charge in [-0.3, -0.25) is 0 Å². The van der Waals surface area contributed by atoms with Crippen LogP contribution in [-0.4, -0.2) is 19.7 Å². The highest BCUT2D eigenvalue weighted by molar-refractivity contribution is 7.11. The number of hydrogen-bond donors (Lipinski definition) is 1. The molecule has 1 N–H and O–H groups in total. The molecule has 0 bridgehead atoms. The third kappa shape index (κ3) is 3.19. The lowest BCUT2D eigenvalue weighted by Crippen LogP contribution is -2.20. The van der Waals surface area contributed by atoms with Gasteiger partial charge in [0.25, 0.3) is 0 Å². The molecule has 0 aliphatic rings. The zero-order valence-corrected chi connectivity index (χ0v) is 12.8. The quantitative estimate of drug-likeness (QED) is 0.882. The molecule has 6 heteroatoms. The molecule has 0 spiro atoms. The molecule has 0 saturated carbocycles. The van der Waals surface area contributed by atoms with Gasteiger partial charge in [-0.15, -0.1) is 21.5 Å². The van der Waals surface area contributed by atoms with Gasteiger partial charge in [-0.25, -0.2) is 4.98 Å². The average Bonchev–Trinajstić information content (AvgIpc) is 3.02. The van der Waals surface area contributed by atoms with E-state index in [-0.39, 0.29) is 6.04 Å². The molecule has 104 valence electrons. The largest absolute Gasteiger partial charge is 0.314 e. The minimum absolute atomic E-state index is 0.243. The predicted molar refractivity (Wildman–Crippen MR) is 77.2 cm³/mol. The summed E-state index contributed by atoms with van der Waals surface area (Å²) in [6.07, 6.45) is 3.02. The van der Waals surface area contributed by atoms with Crippen LogP contribution in [0.1, 0.15) is 48.3 Å². The summed E-state index contributed by atoms with van der Waals surface area (Å²) >= 11 is 1.77. The fraction of sp³-hybridized carbons (Fsp3) is 0.615. The van der Waals surface area contributed by atoms with E-state index >= 15 is 0 Å². The van der Waals surface area contributed by atoms with Crippen molar-refractivity contribution in [2.45, 2.75) is 53.2 Å². The second kappa shape index (κ2) is 6.25. The zero-order valence-electron chi connectivity index (χ0n) is 12.0. The van der Waals surface area contributed by atoms with Crippen LogP contribution in [0, 0.1) is 6.92 Å². The van der Waals surface area contributed by atoms with E-state index in [1.54, 1.807) is 11.3 Å². The molecule has 0 unspecified atom stereocenters. The Kier molecular flexibility index (Phi) is 4.66. The Morgan fingerprint density at radius 3 is 2.79 bits per heavy atom. The molecule has 0 aromatic carbocycles. The fourth-order valence-corrected chi connectivity index (χ4v) is 2.87. The third-order valence-electron chi connectivity index (χ3n) is 3.19. The van der Waals surface area contributed by atoms with Crippen molar-refractivity contribution in [3.05, 3.63) is 27.7 Å². The SMILES string of the molecule is CCc1cnc([C@@H](C)NCc2nnc(C)n2CC)s1. The first-order valence-electron chi connectivity index (χ1n) is 6.72. The van der Waals surface area contributed by atoms with E-state index in [0.717, 1.165) is 36.2 Å².